The first-order valence-electron chi connectivity index (χ1n) is 10.1. The zero-order valence-electron chi connectivity index (χ0n) is 16.2. The van der Waals surface area contributed by atoms with Crippen molar-refractivity contribution in [1.29, 1.82) is 0 Å². The molecular formula is C22H25N3O3S. The first-order valence-corrected chi connectivity index (χ1v) is 11.0. The number of fused-ring (bicyclic) bond motifs is 1. The van der Waals surface area contributed by atoms with Gasteiger partial charge in [0, 0.05) is 17.7 Å². The summed E-state index contributed by atoms with van der Waals surface area (Å²) in [6, 6.07) is 11.3. The maximum atomic E-state index is 12.7. The first kappa shape index (κ1) is 19.6. The Morgan fingerprint density at radius 2 is 1.93 bits per heavy atom. The molecular weight excluding hydrogens is 386 g/mol. The Morgan fingerprint density at radius 3 is 2.69 bits per heavy atom. The van der Waals surface area contributed by atoms with Gasteiger partial charge in [0.05, 0.1) is 17.4 Å². The van der Waals surface area contributed by atoms with E-state index < -0.39 is 0 Å². The second-order valence-corrected chi connectivity index (χ2v) is 8.63. The molecule has 2 aliphatic rings. The number of para-hydroxylation sites is 2. The van der Waals surface area contributed by atoms with E-state index in [0.29, 0.717) is 17.3 Å². The van der Waals surface area contributed by atoms with E-state index in [1.807, 2.05) is 23.6 Å². The van der Waals surface area contributed by atoms with Crippen LogP contribution in [0.5, 0.6) is 0 Å². The molecule has 3 amide bonds. The zero-order valence-corrected chi connectivity index (χ0v) is 17.0. The summed E-state index contributed by atoms with van der Waals surface area (Å²) in [5, 5.41) is 7.97. The highest BCUT2D eigenvalue weighted by Gasteiger charge is 2.30. The van der Waals surface area contributed by atoms with Gasteiger partial charge in [0.1, 0.15) is 6.54 Å². The largest absolute Gasteiger partial charge is 0.348 e. The number of benzene rings is 1. The highest BCUT2D eigenvalue weighted by molar-refractivity contribution is 7.10. The Kier molecular flexibility index (Phi) is 5.94. The monoisotopic (exact) mass is 411 g/mol. The maximum absolute atomic E-state index is 12.7. The number of nitrogens with one attached hydrogen (secondary N) is 2. The minimum absolute atomic E-state index is 0.0165. The minimum atomic E-state index is -0.222. The lowest BCUT2D eigenvalue weighted by atomic mass is 9.96. The van der Waals surface area contributed by atoms with E-state index in [1.165, 1.54) is 22.6 Å². The number of thiophene rings is 1. The molecule has 29 heavy (non-hydrogen) atoms. The van der Waals surface area contributed by atoms with Crippen LogP contribution in [0.25, 0.3) is 0 Å². The van der Waals surface area contributed by atoms with Gasteiger partial charge in [-0.3, -0.25) is 14.4 Å². The van der Waals surface area contributed by atoms with E-state index in [-0.39, 0.29) is 43.1 Å². The number of anilines is 2. The highest BCUT2D eigenvalue weighted by Crippen LogP contribution is 2.37. The van der Waals surface area contributed by atoms with Crippen LogP contribution in [0.1, 0.15) is 49.4 Å². The van der Waals surface area contributed by atoms with Crippen LogP contribution in [-0.4, -0.2) is 24.3 Å². The Bertz CT molecular complexity index is 890. The predicted octanol–water partition coefficient (Wildman–Crippen LogP) is 3.86. The summed E-state index contributed by atoms with van der Waals surface area (Å²) in [4.78, 5) is 40.0. The molecule has 7 heteroatoms. The number of hydrogen-bond acceptors (Lipinski definition) is 4. The lowest BCUT2D eigenvalue weighted by Gasteiger charge is -2.29. The quantitative estimate of drug-likeness (QED) is 0.758. The van der Waals surface area contributed by atoms with Gasteiger partial charge in [-0.1, -0.05) is 31.0 Å². The molecule has 2 N–H and O–H groups in total. The van der Waals surface area contributed by atoms with E-state index >= 15 is 0 Å². The van der Waals surface area contributed by atoms with Crippen molar-refractivity contribution < 1.29 is 14.4 Å². The summed E-state index contributed by atoms with van der Waals surface area (Å²) in [7, 11) is 0. The number of rotatable bonds is 6. The second-order valence-electron chi connectivity index (χ2n) is 7.65. The molecule has 0 saturated heterocycles. The van der Waals surface area contributed by atoms with Gasteiger partial charge in [-0.2, -0.15) is 0 Å². The molecule has 1 aromatic carbocycles. The fraction of sp³-hybridized carbons (Fsp3) is 0.409. The van der Waals surface area contributed by atoms with Gasteiger partial charge in [-0.15, -0.1) is 11.3 Å². The van der Waals surface area contributed by atoms with Crippen LogP contribution in [-0.2, 0) is 14.4 Å². The lowest BCUT2D eigenvalue weighted by molar-refractivity contribution is -0.126. The lowest BCUT2D eigenvalue weighted by Crippen LogP contribution is -2.42. The number of nitrogens with zero attached hydrogens (tertiary/aromatic N) is 1. The molecule has 1 aliphatic heterocycles. The molecule has 1 atom stereocenters. The van der Waals surface area contributed by atoms with Crippen LogP contribution >= 0.6 is 11.3 Å². The van der Waals surface area contributed by atoms with Crippen molar-refractivity contribution in [3.8, 4) is 0 Å². The van der Waals surface area contributed by atoms with Crippen molar-refractivity contribution in [2.45, 2.75) is 44.6 Å². The molecule has 2 heterocycles. The third kappa shape index (κ3) is 4.50. The summed E-state index contributed by atoms with van der Waals surface area (Å²) in [5.74, 6) is -0.0825. The number of carbonyl (C=O) groups is 3. The molecule has 1 saturated carbocycles. The average molecular weight is 412 g/mol. The second kappa shape index (κ2) is 8.78. The molecule has 0 spiro atoms. The molecule has 6 nitrogen and oxygen atoms in total. The summed E-state index contributed by atoms with van der Waals surface area (Å²) < 4.78 is 0. The van der Waals surface area contributed by atoms with Gasteiger partial charge in [0.2, 0.25) is 17.7 Å². The van der Waals surface area contributed by atoms with Gasteiger partial charge in [0.25, 0.3) is 0 Å². The van der Waals surface area contributed by atoms with Crippen LogP contribution in [0.4, 0.5) is 11.4 Å². The van der Waals surface area contributed by atoms with Crippen molar-refractivity contribution in [3.05, 3.63) is 46.7 Å². The van der Waals surface area contributed by atoms with Crippen molar-refractivity contribution >= 4 is 40.4 Å². The Balaban J connectivity index is 1.38. The van der Waals surface area contributed by atoms with Gasteiger partial charge in [-0.05, 0) is 42.3 Å². The molecule has 152 valence electrons. The summed E-state index contributed by atoms with van der Waals surface area (Å²) >= 11 is 1.67. The summed E-state index contributed by atoms with van der Waals surface area (Å²) in [6.45, 7) is -0.0165. The maximum Gasteiger partial charge on any atom is 0.244 e. The van der Waals surface area contributed by atoms with E-state index in [9.17, 15) is 14.4 Å². The number of hydrogen-bond donors (Lipinski definition) is 2. The van der Waals surface area contributed by atoms with Crippen molar-refractivity contribution in [2.75, 3.05) is 16.8 Å². The van der Waals surface area contributed by atoms with Crippen LogP contribution in [0.15, 0.2) is 41.8 Å². The average Bonchev–Trinajstić information content (AvgIpc) is 3.44. The molecule has 1 fully saturated rings. The molecule has 0 radical (unpaired) electrons. The zero-order chi connectivity index (χ0) is 20.2. The van der Waals surface area contributed by atoms with E-state index in [0.717, 1.165) is 12.8 Å². The third-order valence-corrected chi connectivity index (χ3v) is 6.63. The smallest absolute Gasteiger partial charge is 0.244 e. The predicted molar refractivity (Wildman–Crippen MR) is 114 cm³/mol. The van der Waals surface area contributed by atoms with Crippen molar-refractivity contribution in [1.82, 2.24) is 5.32 Å². The van der Waals surface area contributed by atoms with Crippen LogP contribution in [0.3, 0.4) is 0 Å². The van der Waals surface area contributed by atoms with E-state index in [4.69, 9.17) is 0 Å². The van der Waals surface area contributed by atoms with Gasteiger partial charge in [0.15, 0.2) is 0 Å². The van der Waals surface area contributed by atoms with Crippen LogP contribution in [0.2, 0.25) is 0 Å². The topological polar surface area (TPSA) is 78.5 Å². The highest BCUT2D eigenvalue weighted by atomic mass is 32.1. The van der Waals surface area contributed by atoms with Gasteiger partial charge in [-0.25, -0.2) is 0 Å². The molecule has 1 unspecified atom stereocenters. The minimum Gasteiger partial charge on any atom is -0.348 e. The first-order chi connectivity index (χ1) is 14.1. The summed E-state index contributed by atoms with van der Waals surface area (Å²) in [5.41, 5.74) is 1.31. The van der Waals surface area contributed by atoms with E-state index in [1.54, 1.807) is 23.5 Å². The van der Waals surface area contributed by atoms with E-state index in [2.05, 4.69) is 16.7 Å². The van der Waals surface area contributed by atoms with Crippen molar-refractivity contribution in [3.63, 3.8) is 0 Å². The molecule has 1 aliphatic carbocycles. The third-order valence-electron chi connectivity index (χ3n) is 5.68. The Hall–Kier alpha value is -2.67. The SMILES string of the molecule is O=C1CN(C(=O)CCC(=O)NC(c2cccs2)C2CCCC2)c2ccccc2N1. The fourth-order valence-corrected chi connectivity index (χ4v) is 5.11. The molecule has 0 bridgehead atoms. The number of amides is 3. The molecule has 2 aromatic rings. The van der Waals surface area contributed by atoms with Crippen LogP contribution in [0, 0.1) is 5.92 Å². The standard InChI is InChI=1S/C22H25N3O3S/c26-19(24-22(15-6-1-2-7-15)18-10-5-13-29-18)11-12-21(28)25-14-20(27)23-16-8-3-4-9-17(16)25/h3-5,8-10,13,15,22H,1-2,6-7,11-12,14H2,(H,23,27)(H,24,26). The van der Waals surface area contributed by atoms with Crippen LogP contribution < -0.4 is 15.5 Å². The number of carbonyl (C=O) groups excluding carboxylic acids is 3. The van der Waals surface area contributed by atoms with Gasteiger partial charge >= 0.3 is 0 Å². The van der Waals surface area contributed by atoms with Gasteiger partial charge < -0.3 is 15.5 Å². The Labute approximate surface area is 174 Å². The summed E-state index contributed by atoms with van der Waals surface area (Å²) in [6.07, 6.45) is 4.86. The van der Waals surface area contributed by atoms with Crippen molar-refractivity contribution in [2.24, 2.45) is 5.92 Å². The Morgan fingerprint density at radius 1 is 1.14 bits per heavy atom. The molecule has 4 rings (SSSR count). The fourth-order valence-electron chi connectivity index (χ4n) is 4.24. The normalized spacial score (nSPS) is 17.5. The molecule has 1 aromatic heterocycles.